The molecule has 1 aromatic carbocycles. The van der Waals surface area contributed by atoms with Gasteiger partial charge in [0.1, 0.15) is 5.75 Å². The minimum atomic E-state index is 0.847. The molecule has 0 unspecified atom stereocenters. The predicted molar refractivity (Wildman–Crippen MR) is 82.1 cm³/mol. The molecule has 0 aliphatic rings. The SMILES string of the molecule is COc1ccc(-c2cccc(-c3csc(C)n3)n2)cc1. The van der Waals surface area contributed by atoms with Crippen molar-refractivity contribution in [2.45, 2.75) is 6.92 Å². The molecule has 0 fully saturated rings. The Morgan fingerprint density at radius 2 is 1.65 bits per heavy atom. The monoisotopic (exact) mass is 282 g/mol. The fraction of sp³-hybridized carbons (Fsp3) is 0.125. The fourth-order valence-electron chi connectivity index (χ4n) is 1.98. The van der Waals surface area contributed by atoms with Crippen molar-refractivity contribution >= 4 is 11.3 Å². The largest absolute Gasteiger partial charge is 0.497 e. The topological polar surface area (TPSA) is 35.0 Å². The van der Waals surface area contributed by atoms with Crippen molar-refractivity contribution < 1.29 is 4.74 Å². The van der Waals surface area contributed by atoms with Gasteiger partial charge in [0.05, 0.1) is 29.2 Å². The van der Waals surface area contributed by atoms with E-state index in [-0.39, 0.29) is 0 Å². The minimum Gasteiger partial charge on any atom is -0.497 e. The highest BCUT2D eigenvalue weighted by atomic mass is 32.1. The molecule has 2 heterocycles. The Kier molecular flexibility index (Phi) is 3.48. The van der Waals surface area contributed by atoms with Gasteiger partial charge in [0.15, 0.2) is 0 Å². The van der Waals surface area contributed by atoms with Gasteiger partial charge in [-0.25, -0.2) is 9.97 Å². The Hall–Kier alpha value is -2.20. The van der Waals surface area contributed by atoms with Crippen LogP contribution in [0.4, 0.5) is 0 Å². The number of hydrogen-bond donors (Lipinski definition) is 0. The quantitative estimate of drug-likeness (QED) is 0.722. The average Bonchev–Trinajstić information content (AvgIpc) is 2.94. The van der Waals surface area contributed by atoms with E-state index in [0.717, 1.165) is 33.4 Å². The van der Waals surface area contributed by atoms with Gasteiger partial charge in [-0.15, -0.1) is 11.3 Å². The number of hydrogen-bond acceptors (Lipinski definition) is 4. The van der Waals surface area contributed by atoms with E-state index in [1.807, 2.05) is 54.8 Å². The van der Waals surface area contributed by atoms with Gasteiger partial charge in [0, 0.05) is 10.9 Å². The molecule has 0 radical (unpaired) electrons. The molecule has 3 nitrogen and oxygen atoms in total. The summed E-state index contributed by atoms with van der Waals surface area (Å²) >= 11 is 1.64. The second-order valence-corrected chi connectivity index (χ2v) is 5.45. The first-order valence-electron chi connectivity index (χ1n) is 6.30. The summed E-state index contributed by atoms with van der Waals surface area (Å²) in [5.41, 5.74) is 3.85. The normalized spacial score (nSPS) is 10.5. The Morgan fingerprint density at radius 1 is 0.900 bits per heavy atom. The summed E-state index contributed by atoms with van der Waals surface area (Å²) in [7, 11) is 1.67. The van der Waals surface area contributed by atoms with Crippen LogP contribution in [0.25, 0.3) is 22.6 Å². The molecular weight excluding hydrogens is 268 g/mol. The van der Waals surface area contributed by atoms with E-state index in [1.54, 1.807) is 18.4 Å². The molecule has 0 aliphatic heterocycles. The summed E-state index contributed by atoms with van der Waals surface area (Å²) in [6, 6.07) is 13.9. The van der Waals surface area contributed by atoms with E-state index >= 15 is 0 Å². The number of ether oxygens (including phenoxy) is 1. The van der Waals surface area contributed by atoms with Crippen molar-refractivity contribution in [3.8, 4) is 28.4 Å². The van der Waals surface area contributed by atoms with Crippen LogP contribution in [0, 0.1) is 6.92 Å². The van der Waals surface area contributed by atoms with E-state index < -0.39 is 0 Å². The zero-order valence-corrected chi connectivity index (χ0v) is 12.1. The van der Waals surface area contributed by atoms with Crippen LogP contribution in [-0.4, -0.2) is 17.1 Å². The average molecular weight is 282 g/mol. The highest BCUT2D eigenvalue weighted by molar-refractivity contribution is 7.09. The predicted octanol–water partition coefficient (Wildman–Crippen LogP) is 4.19. The molecule has 20 heavy (non-hydrogen) atoms. The van der Waals surface area contributed by atoms with E-state index in [4.69, 9.17) is 4.74 Å². The summed E-state index contributed by atoms with van der Waals surface area (Å²) in [5.74, 6) is 0.847. The Balaban J connectivity index is 1.98. The summed E-state index contributed by atoms with van der Waals surface area (Å²) in [6.45, 7) is 2.00. The second-order valence-electron chi connectivity index (χ2n) is 4.39. The van der Waals surface area contributed by atoms with Crippen LogP contribution in [0.5, 0.6) is 5.75 Å². The number of aromatic nitrogens is 2. The molecule has 4 heteroatoms. The van der Waals surface area contributed by atoms with Crippen LogP contribution >= 0.6 is 11.3 Å². The van der Waals surface area contributed by atoms with Gasteiger partial charge in [-0.3, -0.25) is 0 Å². The van der Waals surface area contributed by atoms with E-state index in [9.17, 15) is 0 Å². The van der Waals surface area contributed by atoms with E-state index in [2.05, 4.69) is 9.97 Å². The lowest BCUT2D eigenvalue weighted by molar-refractivity contribution is 0.415. The third-order valence-corrected chi connectivity index (χ3v) is 3.79. The lowest BCUT2D eigenvalue weighted by Crippen LogP contribution is -1.88. The summed E-state index contributed by atoms with van der Waals surface area (Å²) in [5, 5.41) is 3.09. The van der Waals surface area contributed by atoms with Crippen molar-refractivity contribution in [1.29, 1.82) is 0 Å². The highest BCUT2D eigenvalue weighted by Crippen LogP contribution is 2.25. The molecule has 0 amide bonds. The first kappa shape index (κ1) is 12.8. The number of rotatable bonds is 3. The number of nitrogens with zero attached hydrogens (tertiary/aromatic N) is 2. The Labute approximate surface area is 121 Å². The number of methoxy groups -OCH3 is 1. The van der Waals surface area contributed by atoms with E-state index in [0.29, 0.717) is 0 Å². The molecule has 0 aliphatic carbocycles. The molecule has 100 valence electrons. The molecule has 0 atom stereocenters. The summed E-state index contributed by atoms with van der Waals surface area (Å²) < 4.78 is 5.17. The number of aryl methyl sites for hydroxylation is 1. The molecule has 0 spiro atoms. The maximum absolute atomic E-state index is 5.17. The molecular formula is C16H14N2OS. The van der Waals surface area contributed by atoms with Gasteiger partial charge < -0.3 is 4.74 Å². The fourth-order valence-corrected chi connectivity index (χ4v) is 2.59. The third kappa shape index (κ3) is 2.56. The van der Waals surface area contributed by atoms with Crippen molar-refractivity contribution in [3.63, 3.8) is 0 Å². The van der Waals surface area contributed by atoms with Gasteiger partial charge in [0.2, 0.25) is 0 Å². The molecule has 3 aromatic rings. The summed E-state index contributed by atoms with van der Waals surface area (Å²) in [6.07, 6.45) is 0. The van der Waals surface area contributed by atoms with Crippen LogP contribution < -0.4 is 4.74 Å². The van der Waals surface area contributed by atoms with Gasteiger partial charge in [-0.2, -0.15) is 0 Å². The zero-order valence-electron chi connectivity index (χ0n) is 11.3. The third-order valence-electron chi connectivity index (χ3n) is 3.02. The maximum atomic E-state index is 5.17. The summed E-state index contributed by atoms with van der Waals surface area (Å²) in [4.78, 5) is 9.16. The molecule has 0 saturated heterocycles. The maximum Gasteiger partial charge on any atom is 0.118 e. The first-order chi connectivity index (χ1) is 9.76. The van der Waals surface area contributed by atoms with Crippen LogP contribution in [-0.2, 0) is 0 Å². The molecule has 0 saturated carbocycles. The highest BCUT2D eigenvalue weighted by Gasteiger charge is 2.06. The standard InChI is InChI=1S/C16H14N2OS/c1-11-17-16(10-20-11)15-5-3-4-14(18-15)12-6-8-13(19-2)9-7-12/h3-10H,1-2H3. The minimum absolute atomic E-state index is 0.847. The van der Waals surface area contributed by atoms with Gasteiger partial charge in [-0.1, -0.05) is 6.07 Å². The van der Waals surface area contributed by atoms with Crippen molar-refractivity contribution in [3.05, 3.63) is 52.9 Å². The number of benzene rings is 1. The van der Waals surface area contributed by atoms with Crippen molar-refractivity contribution in [2.75, 3.05) is 7.11 Å². The van der Waals surface area contributed by atoms with Crippen LogP contribution in [0.1, 0.15) is 5.01 Å². The molecule has 3 rings (SSSR count). The lowest BCUT2D eigenvalue weighted by atomic mass is 10.1. The number of pyridine rings is 1. The van der Waals surface area contributed by atoms with Crippen molar-refractivity contribution in [2.24, 2.45) is 0 Å². The number of thiazole rings is 1. The molecule has 2 aromatic heterocycles. The first-order valence-corrected chi connectivity index (χ1v) is 7.18. The van der Waals surface area contributed by atoms with E-state index in [1.165, 1.54) is 0 Å². The van der Waals surface area contributed by atoms with Gasteiger partial charge in [-0.05, 0) is 43.3 Å². The zero-order chi connectivity index (χ0) is 13.9. The smallest absolute Gasteiger partial charge is 0.118 e. The molecule has 0 N–H and O–H groups in total. The molecule has 0 bridgehead atoms. The Morgan fingerprint density at radius 3 is 2.30 bits per heavy atom. The second kappa shape index (κ2) is 5.43. The van der Waals surface area contributed by atoms with Crippen molar-refractivity contribution in [1.82, 2.24) is 9.97 Å². The van der Waals surface area contributed by atoms with Gasteiger partial charge >= 0.3 is 0 Å². The Bertz CT molecular complexity index is 719. The van der Waals surface area contributed by atoms with Crippen LogP contribution in [0.2, 0.25) is 0 Å². The lowest BCUT2D eigenvalue weighted by Gasteiger charge is -2.04. The van der Waals surface area contributed by atoms with Gasteiger partial charge in [0.25, 0.3) is 0 Å². The van der Waals surface area contributed by atoms with Crippen LogP contribution in [0.15, 0.2) is 47.8 Å². The van der Waals surface area contributed by atoms with Crippen LogP contribution in [0.3, 0.4) is 0 Å².